The van der Waals surface area contributed by atoms with E-state index in [9.17, 15) is 4.79 Å². The molecule has 0 heterocycles. The summed E-state index contributed by atoms with van der Waals surface area (Å²) in [6.45, 7) is 15.8. The summed E-state index contributed by atoms with van der Waals surface area (Å²) in [4.78, 5) is 11.5. The van der Waals surface area contributed by atoms with Gasteiger partial charge < -0.3 is 10.6 Å². The van der Waals surface area contributed by atoms with Crippen LogP contribution in [0.4, 0.5) is 0 Å². The van der Waals surface area contributed by atoms with Gasteiger partial charge in [0.25, 0.3) is 0 Å². The molecule has 0 aliphatic rings. The van der Waals surface area contributed by atoms with E-state index in [2.05, 4.69) is 45.3 Å². The van der Waals surface area contributed by atoms with Gasteiger partial charge in [0.2, 0.25) is 5.91 Å². The van der Waals surface area contributed by atoms with E-state index < -0.39 is 0 Å². The van der Waals surface area contributed by atoms with Crippen LogP contribution >= 0.6 is 0 Å². The fourth-order valence-corrected chi connectivity index (χ4v) is 2.30. The number of rotatable bonds is 6. The van der Waals surface area contributed by atoms with Crippen molar-refractivity contribution in [3.05, 3.63) is 0 Å². The largest absolute Gasteiger partial charge is 0.354 e. The van der Waals surface area contributed by atoms with E-state index in [1.54, 1.807) is 0 Å². The van der Waals surface area contributed by atoms with Crippen molar-refractivity contribution in [1.82, 2.24) is 10.6 Å². The van der Waals surface area contributed by atoms with Crippen LogP contribution in [0.15, 0.2) is 0 Å². The molecule has 17 heavy (non-hydrogen) atoms. The molecule has 0 bridgehead atoms. The summed E-state index contributed by atoms with van der Waals surface area (Å²) in [6, 6.07) is 0.227. The number of hydrogen-bond donors (Lipinski definition) is 2. The maximum atomic E-state index is 11.5. The molecular formula is C14H30N2O. The van der Waals surface area contributed by atoms with Gasteiger partial charge in [0.15, 0.2) is 0 Å². The number of carbonyl (C=O) groups excluding carboxylic acids is 1. The molecule has 0 aliphatic heterocycles. The highest BCUT2D eigenvalue weighted by Gasteiger charge is 2.24. The van der Waals surface area contributed by atoms with Crippen molar-refractivity contribution in [3.63, 3.8) is 0 Å². The van der Waals surface area contributed by atoms with Crippen LogP contribution in [-0.4, -0.2) is 24.0 Å². The van der Waals surface area contributed by atoms with Gasteiger partial charge in [-0.2, -0.15) is 0 Å². The predicted molar refractivity (Wildman–Crippen MR) is 74.0 cm³/mol. The van der Waals surface area contributed by atoms with Crippen LogP contribution in [0.2, 0.25) is 0 Å². The summed E-state index contributed by atoms with van der Waals surface area (Å²) >= 11 is 0. The molecule has 0 aromatic heterocycles. The minimum Gasteiger partial charge on any atom is -0.354 e. The monoisotopic (exact) mass is 242 g/mol. The van der Waals surface area contributed by atoms with Crippen molar-refractivity contribution in [1.29, 1.82) is 0 Å². The number of amides is 1. The Hall–Kier alpha value is -0.570. The Morgan fingerprint density at radius 3 is 2.06 bits per heavy atom. The Morgan fingerprint density at radius 2 is 1.65 bits per heavy atom. The van der Waals surface area contributed by atoms with E-state index in [-0.39, 0.29) is 17.5 Å². The van der Waals surface area contributed by atoms with E-state index in [0.29, 0.717) is 11.8 Å². The third-order valence-corrected chi connectivity index (χ3v) is 2.38. The fraction of sp³-hybridized carbons (Fsp3) is 0.929. The van der Waals surface area contributed by atoms with E-state index in [4.69, 9.17) is 0 Å². The molecule has 0 saturated carbocycles. The second-order valence-electron chi connectivity index (χ2n) is 7.02. The quantitative estimate of drug-likeness (QED) is 0.752. The number of hydrogen-bond acceptors (Lipinski definition) is 2. The van der Waals surface area contributed by atoms with E-state index in [1.165, 1.54) is 0 Å². The zero-order valence-corrected chi connectivity index (χ0v) is 12.6. The first-order valence-corrected chi connectivity index (χ1v) is 6.56. The van der Waals surface area contributed by atoms with Gasteiger partial charge in [-0.05, 0) is 39.5 Å². The first-order valence-electron chi connectivity index (χ1n) is 6.56. The van der Waals surface area contributed by atoms with Crippen molar-refractivity contribution in [2.75, 3.05) is 6.54 Å². The van der Waals surface area contributed by atoms with Gasteiger partial charge in [0.05, 0.1) is 0 Å². The summed E-state index contributed by atoms with van der Waals surface area (Å²) < 4.78 is 0. The molecule has 1 amide bonds. The third kappa shape index (κ3) is 10.3. The zero-order valence-electron chi connectivity index (χ0n) is 12.6. The average Bonchev–Trinajstić information content (AvgIpc) is 1.95. The Labute approximate surface area is 107 Å². The van der Waals surface area contributed by atoms with Crippen LogP contribution in [0.3, 0.4) is 0 Å². The molecular weight excluding hydrogens is 212 g/mol. The molecule has 0 atom stereocenters. The van der Waals surface area contributed by atoms with Gasteiger partial charge in [-0.3, -0.25) is 4.79 Å². The molecule has 0 spiro atoms. The van der Waals surface area contributed by atoms with Crippen LogP contribution in [0.5, 0.6) is 0 Å². The minimum atomic E-state index is 0.0797. The first-order chi connectivity index (χ1) is 7.52. The van der Waals surface area contributed by atoms with Gasteiger partial charge in [0.1, 0.15) is 0 Å². The van der Waals surface area contributed by atoms with Gasteiger partial charge in [-0.25, -0.2) is 0 Å². The summed E-state index contributed by atoms with van der Waals surface area (Å²) in [5.41, 5.74) is 0.382. The molecule has 2 N–H and O–H groups in total. The van der Waals surface area contributed by atoms with Gasteiger partial charge >= 0.3 is 0 Å². The molecule has 0 aromatic rings. The van der Waals surface area contributed by atoms with E-state index >= 15 is 0 Å². The lowest BCUT2D eigenvalue weighted by Crippen LogP contribution is -2.44. The maximum absolute atomic E-state index is 11.5. The Kier molecular flexibility index (Phi) is 6.17. The maximum Gasteiger partial charge on any atom is 0.221 e. The minimum absolute atomic E-state index is 0.0797. The fourth-order valence-electron chi connectivity index (χ4n) is 2.30. The second kappa shape index (κ2) is 6.39. The van der Waals surface area contributed by atoms with E-state index in [0.717, 1.165) is 13.0 Å². The highest BCUT2D eigenvalue weighted by atomic mass is 16.1. The number of nitrogens with one attached hydrogen (secondary N) is 2. The molecule has 0 radical (unpaired) electrons. The Morgan fingerprint density at radius 1 is 1.12 bits per heavy atom. The standard InChI is InChI=1S/C14H30N2O/c1-11(2)16-12(17)8-9-15-14(6,7)10-13(3,4)5/h11,15H,8-10H2,1-7H3,(H,16,17). The SMILES string of the molecule is CC(C)NC(=O)CCNC(C)(C)CC(C)(C)C. The second-order valence-corrected chi connectivity index (χ2v) is 7.02. The highest BCUT2D eigenvalue weighted by Crippen LogP contribution is 2.26. The molecule has 0 aliphatic carbocycles. The van der Waals surface area contributed by atoms with Crippen LogP contribution in [0.25, 0.3) is 0 Å². The van der Waals surface area contributed by atoms with Gasteiger partial charge in [0, 0.05) is 24.5 Å². The lowest BCUT2D eigenvalue weighted by molar-refractivity contribution is -0.121. The normalized spacial score (nSPS) is 12.9. The van der Waals surface area contributed by atoms with Crippen molar-refractivity contribution in [2.24, 2.45) is 5.41 Å². The lowest BCUT2D eigenvalue weighted by Gasteiger charge is -2.33. The highest BCUT2D eigenvalue weighted by molar-refractivity contribution is 5.76. The lowest BCUT2D eigenvalue weighted by atomic mass is 9.82. The average molecular weight is 242 g/mol. The third-order valence-electron chi connectivity index (χ3n) is 2.38. The van der Waals surface area contributed by atoms with Crippen molar-refractivity contribution >= 4 is 5.91 Å². The molecule has 0 unspecified atom stereocenters. The summed E-state index contributed by atoms with van der Waals surface area (Å²) in [5, 5.41) is 6.36. The predicted octanol–water partition coefficient (Wildman–Crippen LogP) is 2.71. The Balaban J connectivity index is 3.91. The van der Waals surface area contributed by atoms with Gasteiger partial charge in [-0.1, -0.05) is 20.8 Å². The van der Waals surface area contributed by atoms with Crippen LogP contribution < -0.4 is 10.6 Å². The van der Waals surface area contributed by atoms with Gasteiger partial charge in [-0.15, -0.1) is 0 Å². The first kappa shape index (κ1) is 16.4. The van der Waals surface area contributed by atoms with Crippen molar-refractivity contribution < 1.29 is 4.79 Å². The number of carbonyl (C=O) groups is 1. The molecule has 102 valence electrons. The summed E-state index contributed by atoms with van der Waals surface area (Å²) in [7, 11) is 0. The summed E-state index contributed by atoms with van der Waals surface area (Å²) in [5.74, 6) is 0.124. The van der Waals surface area contributed by atoms with Crippen LogP contribution in [0.1, 0.15) is 61.3 Å². The molecule has 0 aromatic carbocycles. The van der Waals surface area contributed by atoms with E-state index in [1.807, 2.05) is 13.8 Å². The van der Waals surface area contributed by atoms with Crippen LogP contribution in [0, 0.1) is 5.41 Å². The summed E-state index contributed by atoms with van der Waals surface area (Å²) in [6.07, 6.45) is 1.64. The zero-order chi connectivity index (χ0) is 13.7. The Bertz CT molecular complexity index is 239. The molecule has 0 fully saturated rings. The van der Waals surface area contributed by atoms with Crippen molar-refractivity contribution in [3.8, 4) is 0 Å². The molecule has 0 rings (SSSR count). The molecule has 3 nitrogen and oxygen atoms in total. The smallest absolute Gasteiger partial charge is 0.221 e. The molecule has 3 heteroatoms. The molecule has 0 saturated heterocycles. The topological polar surface area (TPSA) is 41.1 Å². The van der Waals surface area contributed by atoms with Crippen molar-refractivity contribution in [2.45, 2.75) is 72.9 Å². The van der Waals surface area contributed by atoms with Crippen LogP contribution in [-0.2, 0) is 4.79 Å².